The van der Waals surface area contributed by atoms with E-state index in [1.54, 1.807) is 6.20 Å². The molecule has 0 spiro atoms. The highest BCUT2D eigenvalue weighted by molar-refractivity contribution is 7.91. The first-order valence-corrected chi connectivity index (χ1v) is 9.14. The number of imidazole rings is 1. The summed E-state index contributed by atoms with van der Waals surface area (Å²) in [6.45, 7) is 6.39. The highest BCUT2D eigenvalue weighted by atomic mass is 32.2. The zero-order chi connectivity index (χ0) is 15.3. The standard InChI is InChI=1S/C15H21N3O2S/c1-15(2,3)18-13(11-6-9-21(19,20)10-7-11)17-12-5-4-8-16-14(12)18/h4-5,8,11H,6-7,9-10H2,1-3H3. The van der Waals surface area contributed by atoms with Crippen LogP contribution < -0.4 is 0 Å². The van der Waals surface area contributed by atoms with Gasteiger partial charge in [-0.1, -0.05) is 0 Å². The zero-order valence-corrected chi connectivity index (χ0v) is 13.5. The second kappa shape index (κ2) is 4.80. The number of nitrogens with zero attached hydrogens (tertiary/aromatic N) is 3. The Morgan fingerprint density at radius 1 is 1.24 bits per heavy atom. The maximum absolute atomic E-state index is 11.6. The molecule has 0 aromatic carbocycles. The van der Waals surface area contributed by atoms with Gasteiger partial charge in [-0.25, -0.2) is 18.4 Å². The van der Waals surface area contributed by atoms with Crippen LogP contribution in [0.1, 0.15) is 45.4 Å². The van der Waals surface area contributed by atoms with Crippen molar-refractivity contribution in [1.82, 2.24) is 14.5 Å². The molecule has 1 aliphatic heterocycles. The Kier molecular flexibility index (Phi) is 3.31. The molecule has 0 saturated carbocycles. The number of rotatable bonds is 1. The predicted molar refractivity (Wildman–Crippen MR) is 83.2 cm³/mol. The number of sulfone groups is 1. The zero-order valence-electron chi connectivity index (χ0n) is 12.7. The van der Waals surface area contributed by atoms with Gasteiger partial charge >= 0.3 is 0 Å². The van der Waals surface area contributed by atoms with Crippen molar-refractivity contribution < 1.29 is 8.42 Å². The van der Waals surface area contributed by atoms with Gasteiger partial charge in [0.2, 0.25) is 0 Å². The van der Waals surface area contributed by atoms with E-state index >= 15 is 0 Å². The quantitative estimate of drug-likeness (QED) is 0.812. The van der Waals surface area contributed by atoms with Crippen molar-refractivity contribution in [3.05, 3.63) is 24.2 Å². The summed E-state index contributed by atoms with van der Waals surface area (Å²) >= 11 is 0. The average Bonchev–Trinajstić information content (AvgIpc) is 2.77. The molecule has 0 atom stereocenters. The summed E-state index contributed by atoms with van der Waals surface area (Å²) in [5.41, 5.74) is 1.64. The van der Waals surface area contributed by atoms with Gasteiger partial charge in [-0.15, -0.1) is 0 Å². The Bertz CT molecular complexity index is 758. The Labute approximate surface area is 125 Å². The van der Waals surface area contributed by atoms with Crippen molar-refractivity contribution in [1.29, 1.82) is 0 Å². The van der Waals surface area contributed by atoms with Crippen molar-refractivity contribution in [2.24, 2.45) is 0 Å². The molecule has 5 nitrogen and oxygen atoms in total. The smallest absolute Gasteiger partial charge is 0.160 e. The van der Waals surface area contributed by atoms with Crippen LogP contribution in [0, 0.1) is 0 Å². The molecule has 2 aromatic heterocycles. The summed E-state index contributed by atoms with van der Waals surface area (Å²) in [6, 6.07) is 3.85. The summed E-state index contributed by atoms with van der Waals surface area (Å²) in [5.74, 6) is 1.70. The van der Waals surface area contributed by atoms with E-state index in [1.807, 2.05) is 12.1 Å². The van der Waals surface area contributed by atoms with Gasteiger partial charge in [0.05, 0.1) is 11.5 Å². The van der Waals surface area contributed by atoms with E-state index in [-0.39, 0.29) is 23.0 Å². The SMILES string of the molecule is CC(C)(C)n1c(C2CCS(=O)(=O)CC2)nc2cccnc21. The van der Waals surface area contributed by atoms with Crippen molar-refractivity contribution in [3.8, 4) is 0 Å². The van der Waals surface area contributed by atoms with Crippen molar-refractivity contribution in [2.75, 3.05) is 11.5 Å². The highest BCUT2D eigenvalue weighted by Crippen LogP contribution is 2.33. The molecule has 0 N–H and O–H groups in total. The third kappa shape index (κ3) is 2.69. The molecular weight excluding hydrogens is 286 g/mol. The lowest BCUT2D eigenvalue weighted by Gasteiger charge is -2.28. The van der Waals surface area contributed by atoms with Crippen LogP contribution in [-0.4, -0.2) is 34.5 Å². The Hall–Kier alpha value is -1.43. The van der Waals surface area contributed by atoms with Gasteiger partial charge in [0.25, 0.3) is 0 Å². The Morgan fingerprint density at radius 2 is 1.90 bits per heavy atom. The van der Waals surface area contributed by atoms with Crippen molar-refractivity contribution in [3.63, 3.8) is 0 Å². The minimum Gasteiger partial charge on any atom is -0.307 e. The van der Waals surface area contributed by atoms with Crippen LogP contribution in [0.2, 0.25) is 0 Å². The summed E-state index contributed by atoms with van der Waals surface area (Å²) in [6.07, 6.45) is 3.09. The number of fused-ring (bicyclic) bond motifs is 1. The van der Waals surface area contributed by atoms with Crippen molar-refractivity contribution >= 4 is 21.0 Å². The van der Waals surface area contributed by atoms with E-state index < -0.39 is 9.84 Å². The maximum Gasteiger partial charge on any atom is 0.160 e. The lowest BCUT2D eigenvalue weighted by molar-refractivity contribution is 0.375. The molecule has 1 saturated heterocycles. The third-order valence-electron chi connectivity index (χ3n) is 4.03. The number of hydrogen-bond donors (Lipinski definition) is 0. The predicted octanol–water partition coefficient (Wildman–Crippen LogP) is 2.48. The first-order valence-electron chi connectivity index (χ1n) is 7.32. The molecule has 2 aromatic rings. The molecule has 0 radical (unpaired) electrons. The molecule has 3 heterocycles. The second-order valence-corrected chi connectivity index (χ2v) is 9.05. The first-order chi connectivity index (χ1) is 9.78. The van der Waals surface area contributed by atoms with E-state index in [2.05, 4.69) is 30.3 Å². The van der Waals surface area contributed by atoms with Gasteiger partial charge in [0, 0.05) is 17.7 Å². The van der Waals surface area contributed by atoms with Gasteiger partial charge in [-0.2, -0.15) is 0 Å². The van der Waals surface area contributed by atoms with Crippen molar-refractivity contribution in [2.45, 2.75) is 45.1 Å². The molecule has 1 aliphatic rings. The fourth-order valence-corrected chi connectivity index (χ4v) is 4.50. The molecule has 0 aliphatic carbocycles. The number of aromatic nitrogens is 3. The number of hydrogen-bond acceptors (Lipinski definition) is 4. The van der Waals surface area contributed by atoms with E-state index in [0.29, 0.717) is 12.8 Å². The van der Waals surface area contributed by atoms with Crippen LogP contribution >= 0.6 is 0 Å². The van der Waals surface area contributed by atoms with Gasteiger partial charge in [-0.3, -0.25) is 0 Å². The van der Waals surface area contributed by atoms with Gasteiger partial charge in [0.15, 0.2) is 5.65 Å². The van der Waals surface area contributed by atoms with E-state index in [4.69, 9.17) is 4.98 Å². The van der Waals surface area contributed by atoms with E-state index in [9.17, 15) is 8.42 Å². The second-order valence-electron chi connectivity index (χ2n) is 6.75. The largest absolute Gasteiger partial charge is 0.307 e. The van der Waals surface area contributed by atoms with E-state index in [1.165, 1.54) is 0 Å². The lowest BCUT2D eigenvalue weighted by atomic mass is 10.00. The summed E-state index contributed by atoms with van der Waals surface area (Å²) in [4.78, 5) is 9.23. The molecule has 0 bridgehead atoms. The molecular formula is C15H21N3O2S. The minimum absolute atomic E-state index is 0.130. The van der Waals surface area contributed by atoms with Gasteiger partial charge in [-0.05, 0) is 45.7 Å². The fourth-order valence-electron chi connectivity index (χ4n) is 3.01. The molecule has 114 valence electrons. The topological polar surface area (TPSA) is 64.8 Å². The van der Waals surface area contributed by atoms with Crippen LogP contribution in [0.25, 0.3) is 11.2 Å². The average molecular weight is 307 g/mol. The molecule has 6 heteroatoms. The molecule has 21 heavy (non-hydrogen) atoms. The monoisotopic (exact) mass is 307 g/mol. The highest BCUT2D eigenvalue weighted by Gasteiger charge is 2.31. The molecule has 0 unspecified atom stereocenters. The van der Waals surface area contributed by atoms with E-state index in [0.717, 1.165) is 17.0 Å². The maximum atomic E-state index is 11.6. The van der Waals surface area contributed by atoms with Crippen LogP contribution in [0.15, 0.2) is 18.3 Å². The van der Waals surface area contributed by atoms with Crippen LogP contribution in [0.3, 0.4) is 0 Å². The summed E-state index contributed by atoms with van der Waals surface area (Å²) in [5, 5.41) is 0. The summed E-state index contributed by atoms with van der Waals surface area (Å²) in [7, 11) is -2.85. The van der Waals surface area contributed by atoms with Gasteiger partial charge in [0.1, 0.15) is 21.2 Å². The fraction of sp³-hybridized carbons (Fsp3) is 0.600. The molecule has 1 fully saturated rings. The normalized spacial score (nSPS) is 20.0. The third-order valence-corrected chi connectivity index (χ3v) is 5.75. The Morgan fingerprint density at radius 3 is 2.52 bits per heavy atom. The van der Waals surface area contributed by atoms with Crippen LogP contribution in [0.5, 0.6) is 0 Å². The Balaban J connectivity index is 2.10. The molecule has 0 amide bonds. The minimum atomic E-state index is -2.85. The molecule has 3 rings (SSSR count). The van der Waals surface area contributed by atoms with Crippen LogP contribution in [0.4, 0.5) is 0 Å². The number of pyridine rings is 1. The van der Waals surface area contributed by atoms with Gasteiger partial charge < -0.3 is 4.57 Å². The first kappa shape index (κ1) is 14.5. The summed E-state index contributed by atoms with van der Waals surface area (Å²) < 4.78 is 25.5. The van der Waals surface area contributed by atoms with Crippen LogP contribution in [-0.2, 0) is 15.4 Å². The lowest BCUT2D eigenvalue weighted by Crippen LogP contribution is -2.29.